The minimum absolute atomic E-state index is 0.144. The van der Waals surface area contributed by atoms with Crippen molar-refractivity contribution in [1.82, 2.24) is 29.3 Å². The molecule has 1 aliphatic rings. The number of hydrogen-bond donors (Lipinski definition) is 2. The van der Waals surface area contributed by atoms with Gasteiger partial charge in [0.1, 0.15) is 5.69 Å². The maximum absolute atomic E-state index is 12.3. The normalized spacial score (nSPS) is 18.8. The van der Waals surface area contributed by atoms with Gasteiger partial charge in [-0.2, -0.15) is 0 Å². The van der Waals surface area contributed by atoms with Crippen LogP contribution in [0.4, 0.5) is 0 Å². The number of amides is 2. The van der Waals surface area contributed by atoms with Gasteiger partial charge in [0, 0.05) is 31.8 Å². The highest BCUT2D eigenvalue weighted by Crippen LogP contribution is 2.32. The van der Waals surface area contributed by atoms with Crippen LogP contribution in [0.15, 0.2) is 54.9 Å². The zero-order chi connectivity index (χ0) is 21.8. The van der Waals surface area contributed by atoms with Gasteiger partial charge in [-0.3, -0.25) is 14.0 Å². The average Bonchev–Trinajstić information content (AvgIpc) is 3.48. The Morgan fingerprint density at radius 2 is 2.06 bits per heavy atom. The summed E-state index contributed by atoms with van der Waals surface area (Å²) in [5.74, 6) is -0.870. The first-order chi connectivity index (χ1) is 14.9. The molecular formula is C21H19N7O3. The molecule has 10 heteroatoms. The fraction of sp³-hybridized carbons (Fsp3) is 0.190. The number of pyridine rings is 1. The lowest BCUT2D eigenvalue weighted by atomic mass is 9.99. The maximum Gasteiger partial charge on any atom is 0.285 e. The number of carbonyl (C=O) groups is 2. The highest BCUT2D eigenvalue weighted by molar-refractivity contribution is 5.93. The van der Waals surface area contributed by atoms with Crippen molar-refractivity contribution in [2.24, 2.45) is 5.73 Å². The number of fused-ring (bicyclic) bond motifs is 1. The van der Waals surface area contributed by atoms with Crippen molar-refractivity contribution in [3.8, 4) is 16.9 Å². The first-order valence-corrected chi connectivity index (χ1v) is 9.67. The van der Waals surface area contributed by atoms with Crippen molar-refractivity contribution in [1.29, 1.82) is 0 Å². The molecule has 1 aliphatic heterocycles. The van der Waals surface area contributed by atoms with Crippen LogP contribution in [0.25, 0.3) is 22.5 Å². The number of nitrogens with zero attached hydrogens (tertiary/aromatic N) is 6. The van der Waals surface area contributed by atoms with Crippen molar-refractivity contribution in [3.05, 3.63) is 66.4 Å². The summed E-state index contributed by atoms with van der Waals surface area (Å²) in [4.78, 5) is 30.1. The van der Waals surface area contributed by atoms with E-state index in [-0.39, 0.29) is 17.9 Å². The third kappa shape index (κ3) is 2.88. The third-order valence-corrected chi connectivity index (χ3v) is 5.58. The Bertz CT molecular complexity index is 1340. The van der Waals surface area contributed by atoms with Crippen molar-refractivity contribution in [2.45, 2.75) is 12.0 Å². The summed E-state index contributed by atoms with van der Waals surface area (Å²) in [6.45, 7) is 0.452. The number of aliphatic hydroxyl groups is 1. The monoisotopic (exact) mass is 417 g/mol. The number of primary amides is 1. The van der Waals surface area contributed by atoms with E-state index in [1.54, 1.807) is 29.9 Å². The van der Waals surface area contributed by atoms with E-state index < -0.39 is 17.4 Å². The second kappa shape index (κ2) is 6.74. The summed E-state index contributed by atoms with van der Waals surface area (Å²) in [6.07, 6.45) is 3.55. The molecule has 156 valence electrons. The Hall–Kier alpha value is -4.05. The quantitative estimate of drug-likeness (QED) is 0.503. The molecule has 2 amide bonds. The van der Waals surface area contributed by atoms with Crippen LogP contribution in [0.3, 0.4) is 0 Å². The van der Waals surface area contributed by atoms with Crippen LogP contribution in [0, 0.1) is 0 Å². The fourth-order valence-corrected chi connectivity index (χ4v) is 3.89. The van der Waals surface area contributed by atoms with Gasteiger partial charge in [-0.05, 0) is 24.3 Å². The molecule has 4 heterocycles. The average molecular weight is 417 g/mol. The Balaban J connectivity index is 1.56. The van der Waals surface area contributed by atoms with Gasteiger partial charge in [0.25, 0.3) is 11.8 Å². The molecule has 3 N–H and O–H groups in total. The van der Waals surface area contributed by atoms with E-state index in [1.165, 1.54) is 9.58 Å². The lowest BCUT2D eigenvalue weighted by molar-refractivity contribution is -0.143. The zero-order valence-corrected chi connectivity index (χ0v) is 16.6. The number of likely N-dealkylation sites (tertiary alicyclic amines) is 1. The van der Waals surface area contributed by atoms with Gasteiger partial charge < -0.3 is 15.7 Å². The molecule has 0 aliphatic carbocycles. The molecule has 1 aromatic carbocycles. The molecule has 3 aromatic heterocycles. The molecule has 31 heavy (non-hydrogen) atoms. The number of aromatic nitrogens is 5. The number of hydrogen-bond acceptors (Lipinski definition) is 6. The predicted molar refractivity (Wildman–Crippen MR) is 110 cm³/mol. The van der Waals surface area contributed by atoms with E-state index in [4.69, 9.17) is 5.73 Å². The molecule has 1 atom stereocenters. The van der Waals surface area contributed by atoms with Crippen molar-refractivity contribution < 1.29 is 14.7 Å². The number of rotatable bonds is 4. The highest BCUT2D eigenvalue weighted by Gasteiger charge is 2.47. The van der Waals surface area contributed by atoms with Gasteiger partial charge in [-0.15, -0.1) is 5.10 Å². The number of nitrogens with two attached hydrogens (primary N) is 1. The van der Waals surface area contributed by atoms with Gasteiger partial charge in [0.15, 0.2) is 5.60 Å². The molecule has 0 saturated carbocycles. The summed E-state index contributed by atoms with van der Waals surface area (Å²) in [5, 5.41) is 19.0. The van der Waals surface area contributed by atoms with Gasteiger partial charge in [0.05, 0.1) is 23.1 Å². The van der Waals surface area contributed by atoms with E-state index in [0.717, 1.165) is 11.1 Å². The molecule has 0 spiro atoms. The Labute approximate surface area is 176 Å². The molecule has 10 nitrogen and oxygen atoms in total. The Kier molecular flexibility index (Phi) is 4.12. The van der Waals surface area contributed by atoms with E-state index >= 15 is 0 Å². The maximum atomic E-state index is 12.3. The van der Waals surface area contributed by atoms with Crippen LogP contribution in [0.2, 0.25) is 0 Å². The van der Waals surface area contributed by atoms with Gasteiger partial charge in [-0.1, -0.05) is 23.4 Å². The van der Waals surface area contributed by atoms with Gasteiger partial charge >= 0.3 is 0 Å². The largest absolute Gasteiger partial charge is 0.374 e. The Morgan fingerprint density at radius 1 is 1.23 bits per heavy atom. The number of benzene rings is 1. The minimum atomic E-state index is -1.67. The van der Waals surface area contributed by atoms with Crippen LogP contribution >= 0.6 is 0 Å². The SMILES string of the molecule is CN1CC[C@@](O)(c2cn(-c3cccc(-c4nc(C(N)=O)n5ccccc45)c3)nn2)C1=O. The smallest absolute Gasteiger partial charge is 0.285 e. The van der Waals surface area contributed by atoms with E-state index in [9.17, 15) is 14.7 Å². The fourth-order valence-electron chi connectivity index (χ4n) is 3.89. The third-order valence-electron chi connectivity index (χ3n) is 5.58. The van der Waals surface area contributed by atoms with Gasteiger partial charge in [-0.25, -0.2) is 9.67 Å². The van der Waals surface area contributed by atoms with Crippen LogP contribution in [0.5, 0.6) is 0 Å². The minimum Gasteiger partial charge on any atom is -0.374 e. The molecule has 0 bridgehead atoms. The van der Waals surface area contributed by atoms with Gasteiger partial charge in [0.2, 0.25) is 5.82 Å². The molecular weight excluding hydrogens is 398 g/mol. The highest BCUT2D eigenvalue weighted by atomic mass is 16.3. The van der Waals surface area contributed by atoms with Crippen LogP contribution < -0.4 is 5.73 Å². The second-order valence-electron chi connectivity index (χ2n) is 7.54. The number of carbonyl (C=O) groups excluding carboxylic acids is 2. The molecule has 0 unspecified atom stereocenters. The zero-order valence-electron chi connectivity index (χ0n) is 16.6. The molecule has 4 aromatic rings. The molecule has 1 saturated heterocycles. The van der Waals surface area contributed by atoms with Crippen LogP contribution in [-0.2, 0) is 10.4 Å². The van der Waals surface area contributed by atoms with Crippen LogP contribution in [-0.4, -0.2) is 59.8 Å². The summed E-state index contributed by atoms with van der Waals surface area (Å²) < 4.78 is 3.14. The van der Waals surface area contributed by atoms with E-state index in [0.29, 0.717) is 17.9 Å². The lowest BCUT2D eigenvalue weighted by Crippen LogP contribution is -2.36. The standard InChI is InChI=1S/C21H19N7O3/c1-26-10-8-21(31,20(26)30)16-12-28(25-24-16)14-6-4-5-13(11-14)17-15-7-2-3-9-27(15)19(23-17)18(22)29/h2-7,9,11-12,31H,8,10H2,1H3,(H2,22,29)/t21-/m1/s1. The summed E-state index contributed by atoms with van der Waals surface area (Å²) in [7, 11) is 1.64. The summed E-state index contributed by atoms with van der Waals surface area (Å²) in [6, 6.07) is 12.9. The molecule has 1 fully saturated rings. The molecule has 0 radical (unpaired) electrons. The lowest BCUT2D eigenvalue weighted by Gasteiger charge is -2.17. The summed E-state index contributed by atoms with van der Waals surface area (Å²) >= 11 is 0. The van der Waals surface area contributed by atoms with Crippen molar-refractivity contribution in [2.75, 3.05) is 13.6 Å². The van der Waals surface area contributed by atoms with Crippen molar-refractivity contribution >= 4 is 17.3 Å². The first kappa shape index (κ1) is 18.9. The predicted octanol–water partition coefficient (Wildman–Crippen LogP) is 0.731. The van der Waals surface area contributed by atoms with E-state index in [1.807, 2.05) is 36.4 Å². The van der Waals surface area contributed by atoms with Crippen LogP contribution in [0.1, 0.15) is 22.7 Å². The topological polar surface area (TPSA) is 132 Å². The number of imidazole rings is 1. The summed E-state index contributed by atoms with van der Waals surface area (Å²) in [5.41, 5.74) is 6.78. The van der Waals surface area contributed by atoms with E-state index in [2.05, 4.69) is 15.3 Å². The number of likely N-dealkylation sites (N-methyl/N-ethyl adjacent to an activating group) is 1. The van der Waals surface area contributed by atoms with Crippen molar-refractivity contribution in [3.63, 3.8) is 0 Å². The molecule has 5 rings (SSSR count). The Morgan fingerprint density at radius 3 is 2.81 bits per heavy atom. The first-order valence-electron chi connectivity index (χ1n) is 9.67. The second-order valence-corrected chi connectivity index (χ2v) is 7.54.